The third kappa shape index (κ3) is 3.43. The van der Waals surface area contributed by atoms with E-state index in [-0.39, 0.29) is 10.5 Å². The second-order valence-electron chi connectivity index (χ2n) is 5.10. The summed E-state index contributed by atoms with van der Waals surface area (Å²) in [5.41, 5.74) is 0.976. The van der Waals surface area contributed by atoms with Crippen LogP contribution in [0.5, 0.6) is 0 Å². The Morgan fingerprint density at radius 2 is 1.84 bits per heavy atom. The van der Waals surface area contributed by atoms with Gasteiger partial charge in [0.05, 0.1) is 14.1 Å². The second-order valence-corrected chi connectivity index (χ2v) is 6.67. The molecular formula is C14H22NO3S+. The summed E-state index contributed by atoms with van der Waals surface area (Å²) in [5, 5.41) is -0.879. The molecule has 0 saturated heterocycles. The Kier molecular flexibility index (Phi) is 4.90. The average molecular weight is 284 g/mol. The molecule has 0 bridgehead atoms. The van der Waals surface area contributed by atoms with Crippen molar-refractivity contribution in [2.24, 2.45) is 0 Å². The summed E-state index contributed by atoms with van der Waals surface area (Å²) in [6, 6.07) is 9.38. The summed E-state index contributed by atoms with van der Waals surface area (Å²) in [4.78, 5) is 0. The van der Waals surface area contributed by atoms with Gasteiger partial charge in [0.1, 0.15) is 6.04 Å². The summed E-state index contributed by atoms with van der Waals surface area (Å²) < 4.78 is 32.7. The lowest BCUT2D eigenvalue weighted by Gasteiger charge is -2.41. The minimum atomic E-state index is -4.11. The molecule has 0 saturated carbocycles. The lowest BCUT2D eigenvalue weighted by molar-refractivity contribution is -0.925. The van der Waals surface area contributed by atoms with Gasteiger partial charge in [-0.1, -0.05) is 43.8 Å². The highest BCUT2D eigenvalue weighted by Gasteiger charge is 2.42. The van der Waals surface area contributed by atoms with Crippen LogP contribution in [0.3, 0.4) is 0 Å². The zero-order valence-corrected chi connectivity index (χ0v) is 12.5. The summed E-state index contributed by atoms with van der Waals surface area (Å²) in [6.45, 7) is 5.56. The molecule has 0 aliphatic heterocycles. The van der Waals surface area contributed by atoms with Crippen LogP contribution in [0.2, 0.25) is 0 Å². The van der Waals surface area contributed by atoms with Crippen LogP contribution in [0.1, 0.15) is 24.9 Å². The zero-order chi connectivity index (χ0) is 14.7. The molecular weight excluding hydrogens is 262 g/mol. The molecule has 1 aromatic rings. The fourth-order valence-electron chi connectivity index (χ4n) is 2.65. The lowest BCUT2D eigenvalue weighted by atomic mass is 10.0. The summed E-state index contributed by atoms with van der Waals surface area (Å²) in [5.74, 6) is 0. The smallest absolute Gasteiger partial charge is 0.302 e. The molecule has 19 heavy (non-hydrogen) atoms. The monoisotopic (exact) mass is 284 g/mol. The Morgan fingerprint density at radius 3 is 2.21 bits per heavy atom. The highest BCUT2D eigenvalue weighted by atomic mass is 32.2. The van der Waals surface area contributed by atoms with Gasteiger partial charge < -0.3 is 4.48 Å². The topological polar surface area (TPSA) is 54.4 Å². The van der Waals surface area contributed by atoms with Gasteiger partial charge in [-0.3, -0.25) is 4.55 Å². The number of nitrogens with zero attached hydrogens (tertiary/aromatic N) is 1. The molecule has 0 aliphatic rings. The molecule has 1 aromatic carbocycles. The van der Waals surface area contributed by atoms with E-state index >= 15 is 0 Å². The van der Waals surface area contributed by atoms with Crippen LogP contribution < -0.4 is 0 Å². The van der Waals surface area contributed by atoms with Gasteiger partial charge in [-0.2, -0.15) is 8.42 Å². The van der Waals surface area contributed by atoms with E-state index in [1.54, 1.807) is 27.1 Å². The van der Waals surface area contributed by atoms with Crippen molar-refractivity contribution in [3.05, 3.63) is 48.6 Å². The average Bonchev–Trinajstić information content (AvgIpc) is 2.29. The maximum absolute atomic E-state index is 11.6. The maximum Gasteiger partial charge on any atom is 0.319 e. The van der Waals surface area contributed by atoms with E-state index in [9.17, 15) is 13.0 Å². The summed E-state index contributed by atoms with van der Waals surface area (Å²) in [6.07, 6.45) is 2.06. The predicted molar refractivity (Wildman–Crippen MR) is 77.1 cm³/mol. The molecule has 1 rings (SSSR count). The molecule has 0 spiro atoms. The minimum Gasteiger partial charge on any atom is -0.302 e. The molecule has 0 heterocycles. The summed E-state index contributed by atoms with van der Waals surface area (Å²) in [7, 11) is -0.525. The van der Waals surface area contributed by atoms with Gasteiger partial charge >= 0.3 is 10.1 Å². The second kappa shape index (κ2) is 5.86. The van der Waals surface area contributed by atoms with E-state index in [0.29, 0.717) is 6.42 Å². The van der Waals surface area contributed by atoms with E-state index in [2.05, 4.69) is 6.58 Å². The first-order valence-electron chi connectivity index (χ1n) is 6.22. The minimum absolute atomic E-state index is 0.114. The molecule has 0 amide bonds. The number of quaternary nitrogens is 1. The third-order valence-electron chi connectivity index (χ3n) is 3.52. The van der Waals surface area contributed by atoms with Crippen molar-refractivity contribution in [1.29, 1.82) is 0 Å². The van der Waals surface area contributed by atoms with E-state index in [1.165, 1.54) is 0 Å². The fourth-order valence-corrected chi connectivity index (χ4v) is 3.88. The Morgan fingerprint density at radius 1 is 1.32 bits per heavy atom. The van der Waals surface area contributed by atoms with Crippen LogP contribution in [0, 0.1) is 0 Å². The molecule has 2 unspecified atom stereocenters. The van der Waals surface area contributed by atoms with Crippen LogP contribution in [-0.4, -0.2) is 36.9 Å². The molecule has 0 aliphatic carbocycles. The quantitative estimate of drug-likeness (QED) is 0.496. The van der Waals surface area contributed by atoms with Gasteiger partial charge in [0.25, 0.3) is 0 Å². The molecule has 0 aromatic heterocycles. The van der Waals surface area contributed by atoms with Crippen molar-refractivity contribution < 1.29 is 17.5 Å². The SMILES string of the molecule is C=CC(c1ccccc1)[N+](C)(C)C(CC)S(=O)(=O)O. The Hall–Kier alpha value is -1.17. The van der Waals surface area contributed by atoms with Crippen LogP contribution >= 0.6 is 0 Å². The highest BCUT2D eigenvalue weighted by Crippen LogP contribution is 2.31. The van der Waals surface area contributed by atoms with Gasteiger partial charge in [-0.25, -0.2) is 0 Å². The first kappa shape index (κ1) is 15.9. The number of likely N-dealkylation sites (N-methyl/N-ethyl adjacent to an activating group) is 1. The van der Waals surface area contributed by atoms with E-state index < -0.39 is 15.5 Å². The summed E-state index contributed by atoms with van der Waals surface area (Å²) >= 11 is 0. The van der Waals surface area contributed by atoms with Crippen molar-refractivity contribution in [1.82, 2.24) is 0 Å². The largest absolute Gasteiger partial charge is 0.319 e. The zero-order valence-electron chi connectivity index (χ0n) is 11.7. The lowest BCUT2D eigenvalue weighted by Crippen LogP contribution is -2.53. The van der Waals surface area contributed by atoms with Crippen molar-refractivity contribution in [3.8, 4) is 0 Å². The van der Waals surface area contributed by atoms with E-state index in [0.717, 1.165) is 5.56 Å². The predicted octanol–water partition coefficient (Wildman–Crippen LogP) is 2.61. The van der Waals surface area contributed by atoms with Gasteiger partial charge in [0, 0.05) is 12.0 Å². The Bertz CT molecular complexity index is 523. The highest BCUT2D eigenvalue weighted by molar-refractivity contribution is 7.86. The van der Waals surface area contributed by atoms with Crippen LogP contribution in [0.15, 0.2) is 43.0 Å². The van der Waals surface area contributed by atoms with Crippen LogP contribution in [0.25, 0.3) is 0 Å². The maximum atomic E-state index is 11.6. The third-order valence-corrected chi connectivity index (χ3v) is 5.08. The number of rotatable bonds is 6. The van der Waals surface area contributed by atoms with Gasteiger partial charge in [-0.15, -0.1) is 0 Å². The molecule has 0 fully saturated rings. The van der Waals surface area contributed by atoms with Crippen LogP contribution in [0.4, 0.5) is 0 Å². The molecule has 4 nitrogen and oxygen atoms in total. The van der Waals surface area contributed by atoms with Gasteiger partial charge in [0.2, 0.25) is 5.37 Å². The molecule has 0 radical (unpaired) electrons. The van der Waals surface area contributed by atoms with Crippen molar-refractivity contribution in [2.75, 3.05) is 14.1 Å². The number of hydrogen-bond acceptors (Lipinski definition) is 2. The standard InChI is InChI=1S/C14H21NO3S/c1-5-13(12-10-8-7-9-11-12)15(3,4)14(6-2)19(16,17)18/h5,7-11,13-14H,1,6H2,2-4H3/p+1. The fraction of sp³-hybridized carbons (Fsp3) is 0.429. The van der Waals surface area contributed by atoms with Crippen molar-refractivity contribution in [2.45, 2.75) is 24.8 Å². The number of benzene rings is 1. The molecule has 5 heteroatoms. The normalized spacial score (nSPS) is 15.8. The van der Waals surface area contributed by atoms with Crippen molar-refractivity contribution in [3.63, 3.8) is 0 Å². The number of hydrogen-bond donors (Lipinski definition) is 1. The first-order valence-corrected chi connectivity index (χ1v) is 7.72. The molecule has 2 atom stereocenters. The van der Waals surface area contributed by atoms with E-state index in [1.807, 2.05) is 30.3 Å². The Labute approximate surface area is 115 Å². The Balaban J connectivity index is 3.26. The van der Waals surface area contributed by atoms with Gasteiger partial charge in [0.15, 0.2) is 0 Å². The van der Waals surface area contributed by atoms with Gasteiger partial charge in [-0.05, 0) is 6.08 Å². The van der Waals surface area contributed by atoms with E-state index in [4.69, 9.17) is 0 Å². The molecule has 106 valence electrons. The van der Waals surface area contributed by atoms with Crippen LogP contribution in [-0.2, 0) is 10.1 Å². The first-order chi connectivity index (χ1) is 8.75. The molecule has 1 N–H and O–H groups in total. The van der Waals surface area contributed by atoms with Crippen molar-refractivity contribution >= 4 is 10.1 Å².